The number of hydrogen-bond donors (Lipinski definition) is 1. The number of benzene rings is 2. The lowest BCUT2D eigenvalue weighted by Crippen LogP contribution is -1.86. The van der Waals surface area contributed by atoms with Crippen LogP contribution >= 0.6 is 11.3 Å². The minimum Gasteiger partial charge on any atom is -0.415 e. The molecular weight excluding hydrogens is 356 g/mol. The predicted molar refractivity (Wildman–Crippen MR) is 110 cm³/mol. The van der Waals surface area contributed by atoms with Crippen molar-refractivity contribution in [1.29, 1.82) is 0 Å². The SMILES string of the molecule is Cc1ccc2nc3sc(-c4nnc(-c5ccccc5C)o4)c(N)c3cc2c1. The Bertz CT molecular complexity index is 1320. The molecule has 0 aliphatic carbocycles. The van der Waals surface area contributed by atoms with Gasteiger partial charge in [0.05, 0.1) is 11.2 Å². The van der Waals surface area contributed by atoms with E-state index in [9.17, 15) is 0 Å². The molecule has 0 fully saturated rings. The lowest BCUT2D eigenvalue weighted by molar-refractivity contribution is 0.586. The van der Waals surface area contributed by atoms with E-state index in [0.29, 0.717) is 17.5 Å². The first-order chi connectivity index (χ1) is 13.1. The quantitative estimate of drug-likeness (QED) is 0.451. The lowest BCUT2D eigenvalue weighted by Gasteiger charge is -2.00. The molecule has 0 spiro atoms. The van der Waals surface area contributed by atoms with E-state index in [0.717, 1.165) is 37.1 Å². The van der Waals surface area contributed by atoms with Gasteiger partial charge in [-0.25, -0.2) is 4.98 Å². The average Bonchev–Trinajstić information content (AvgIpc) is 3.26. The molecule has 6 heteroatoms. The molecule has 5 rings (SSSR count). The number of pyridine rings is 1. The first-order valence-corrected chi connectivity index (χ1v) is 9.41. The van der Waals surface area contributed by atoms with Crippen LogP contribution in [0.1, 0.15) is 11.1 Å². The summed E-state index contributed by atoms with van der Waals surface area (Å²) in [7, 11) is 0. The maximum Gasteiger partial charge on any atom is 0.260 e. The summed E-state index contributed by atoms with van der Waals surface area (Å²) in [5.74, 6) is 0.919. The number of nitrogen functional groups attached to an aromatic ring is 1. The Balaban J connectivity index is 1.66. The third-order valence-electron chi connectivity index (χ3n) is 4.66. The Morgan fingerprint density at radius 1 is 0.963 bits per heavy atom. The van der Waals surface area contributed by atoms with Crippen LogP contribution in [-0.4, -0.2) is 15.2 Å². The summed E-state index contributed by atoms with van der Waals surface area (Å²) in [6.45, 7) is 4.09. The van der Waals surface area contributed by atoms with Gasteiger partial charge in [-0.15, -0.1) is 21.5 Å². The number of anilines is 1. The van der Waals surface area contributed by atoms with Gasteiger partial charge in [-0.05, 0) is 43.7 Å². The molecule has 0 aliphatic heterocycles. The molecule has 0 saturated heterocycles. The van der Waals surface area contributed by atoms with Gasteiger partial charge >= 0.3 is 0 Å². The van der Waals surface area contributed by atoms with Gasteiger partial charge in [-0.3, -0.25) is 0 Å². The Hall–Kier alpha value is -3.25. The van der Waals surface area contributed by atoms with E-state index in [1.165, 1.54) is 16.9 Å². The Labute approximate surface area is 159 Å². The van der Waals surface area contributed by atoms with E-state index in [4.69, 9.17) is 15.1 Å². The summed E-state index contributed by atoms with van der Waals surface area (Å²) in [6, 6.07) is 16.2. The molecule has 27 heavy (non-hydrogen) atoms. The second-order valence-electron chi connectivity index (χ2n) is 6.61. The lowest BCUT2D eigenvalue weighted by atomic mass is 10.1. The van der Waals surface area contributed by atoms with Gasteiger partial charge in [-0.1, -0.05) is 29.8 Å². The highest BCUT2D eigenvalue weighted by Gasteiger charge is 2.19. The summed E-state index contributed by atoms with van der Waals surface area (Å²) >= 11 is 1.48. The molecule has 0 aliphatic rings. The molecule has 0 unspecified atom stereocenters. The summed E-state index contributed by atoms with van der Waals surface area (Å²) < 4.78 is 5.94. The van der Waals surface area contributed by atoms with E-state index in [1.807, 2.05) is 37.3 Å². The number of hydrogen-bond acceptors (Lipinski definition) is 6. The summed E-state index contributed by atoms with van der Waals surface area (Å²) in [6.07, 6.45) is 0. The van der Waals surface area contributed by atoms with Crippen molar-refractivity contribution < 1.29 is 4.42 Å². The fourth-order valence-corrected chi connectivity index (χ4v) is 4.22. The number of nitrogens with two attached hydrogens (primary N) is 1. The van der Waals surface area contributed by atoms with Crippen molar-refractivity contribution >= 4 is 38.1 Å². The minimum absolute atomic E-state index is 0.425. The maximum atomic E-state index is 6.42. The van der Waals surface area contributed by atoms with E-state index in [1.54, 1.807) is 0 Å². The van der Waals surface area contributed by atoms with Crippen molar-refractivity contribution in [3.05, 3.63) is 59.7 Å². The predicted octanol–water partition coefficient (Wildman–Crippen LogP) is 5.37. The number of aromatic nitrogens is 3. The standard InChI is InChI=1S/C21H16N4OS/c1-11-7-8-16-13(9-11)10-15-17(22)18(27-21(15)23-16)20-25-24-19(26-20)14-6-4-3-5-12(14)2/h3-10H,22H2,1-2H3. The molecule has 0 radical (unpaired) electrons. The molecule has 132 valence electrons. The zero-order valence-corrected chi connectivity index (χ0v) is 15.7. The second-order valence-corrected chi connectivity index (χ2v) is 7.61. The van der Waals surface area contributed by atoms with Gasteiger partial charge in [-0.2, -0.15) is 0 Å². The van der Waals surface area contributed by atoms with Crippen LogP contribution in [-0.2, 0) is 0 Å². The summed E-state index contributed by atoms with van der Waals surface area (Å²) in [5.41, 5.74) is 11.2. The van der Waals surface area contributed by atoms with Crippen LogP contribution in [0.2, 0.25) is 0 Å². The fraction of sp³-hybridized carbons (Fsp3) is 0.0952. The van der Waals surface area contributed by atoms with Gasteiger partial charge in [0.2, 0.25) is 5.89 Å². The molecule has 5 aromatic rings. The van der Waals surface area contributed by atoms with Crippen molar-refractivity contribution in [2.45, 2.75) is 13.8 Å². The highest BCUT2D eigenvalue weighted by molar-refractivity contribution is 7.22. The smallest absolute Gasteiger partial charge is 0.260 e. The molecule has 0 bridgehead atoms. The number of thiophene rings is 1. The molecule has 2 N–H and O–H groups in total. The topological polar surface area (TPSA) is 77.8 Å². The van der Waals surface area contributed by atoms with Gasteiger partial charge in [0.15, 0.2) is 0 Å². The van der Waals surface area contributed by atoms with Gasteiger partial charge in [0.25, 0.3) is 5.89 Å². The molecule has 2 aromatic carbocycles. The first-order valence-electron chi connectivity index (χ1n) is 8.59. The van der Waals surface area contributed by atoms with Crippen LogP contribution in [0, 0.1) is 13.8 Å². The minimum atomic E-state index is 0.425. The fourth-order valence-electron chi connectivity index (χ4n) is 3.22. The van der Waals surface area contributed by atoms with Gasteiger partial charge in [0.1, 0.15) is 9.71 Å². The highest BCUT2D eigenvalue weighted by Crippen LogP contribution is 2.41. The number of nitrogens with zero attached hydrogens (tertiary/aromatic N) is 3. The van der Waals surface area contributed by atoms with Gasteiger partial charge in [0, 0.05) is 16.3 Å². The van der Waals surface area contributed by atoms with E-state index >= 15 is 0 Å². The zero-order chi connectivity index (χ0) is 18.5. The molecule has 3 heterocycles. The summed E-state index contributed by atoms with van der Waals surface area (Å²) in [4.78, 5) is 6.38. The third-order valence-corrected chi connectivity index (χ3v) is 5.77. The van der Waals surface area contributed by atoms with Crippen LogP contribution in [0.5, 0.6) is 0 Å². The van der Waals surface area contributed by atoms with E-state index < -0.39 is 0 Å². The second kappa shape index (κ2) is 5.89. The van der Waals surface area contributed by atoms with Crippen LogP contribution in [0.3, 0.4) is 0 Å². The van der Waals surface area contributed by atoms with Crippen LogP contribution in [0.15, 0.2) is 52.9 Å². The van der Waals surface area contributed by atoms with Crippen molar-refractivity contribution in [2.75, 3.05) is 5.73 Å². The highest BCUT2D eigenvalue weighted by atomic mass is 32.1. The Morgan fingerprint density at radius 3 is 2.63 bits per heavy atom. The first kappa shape index (κ1) is 16.0. The van der Waals surface area contributed by atoms with E-state index in [-0.39, 0.29) is 0 Å². The van der Waals surface area contributed by atoms with Crippen LogP contribution in [0.25, 0.3) is 43.3 Å². The van der Waals surface area contributed by atoms with Crippen molar-refractivity contribution in [1.82, 2.24) is 15.2 Å². The molecule has 0 amide bonds. The number of rotatable bonds is 2. The molecule has 3 aromatic heterocycles. The Kier molecular flexibility index (Phi) is 3.48. The normalized spacial score (nSPS) is 11.5. The van der Waals surface area contributed by atoms with E-state index in [2.05, 4.69) is 35.3 Å². The van der Waals surface area contributed by atoms with Crippen molar-refractivity contribution in [3.8, 4) is 22.2 Å². The van der Waals surface area contributed by atoms with Gasteiger partial charge < -0.3 is 10.2 Å². The average molecular weight is 372 g/mol. The Morgan fingerprint density at radius 2 is 1.78 bits per heavy atom. The maximum absolute atomic E-state index is 6.42. The summed E-state index contributed by atoms with van der Waals surface area (Å²) in [5, 5.41) is 10.4. The molecule has 0 atom stereocenters. The third kappa shape index (κ3) is 2.57. The number of fused-ring (bicyclic) bond motifs is 2. The van der Waals surface area contributed by atoms with Crippen molar-refractivity contribution in [2.24, 2.45) is 0 Å². The molecular formula is C21H16N4OS. The van der Waals surface area contributed by atoms with Crippen molar-refractivity contribution in [3.63, 3.8) is 0 Å². The molecule has 5 nitrogen and oxygen atoms in total. The van der Waals surface area contributed by atoms with Crippen LogP contribution < -0.4 is 5.73 Å². The largest absolute Gasteiger partial charge is 0.415 e. The zero-order valence-electron chi connectivity index (χ0n) is 14.9. The molecule has 0 saturated carbocycles. The number of aryl methyl sites for hydroxylation is 2. The monoisotopic (exact) mass is 372 g/mol. The van der Waals surface area contributed by atoms with Crippen LogP contribution in [0.4, 0.5) is 5.69 Å².